The van der Waals surface area contributed by atoms with E-state index in [1.165, 1.54) is 12.2 Å². The highest BCUT2D eigenvalue weighted by Gasteiger charge is 2.11. The number of carbonyl (C=O) groups excluding carboxylic acids is 1. The highest BCUT2D eigenvalue weighted by atomic mass is 35.5. The molecule has 0 spiro atoms. The Balaban J connectivity index is 3.83. The van der Waals surface area contributed by atoms with Gasteiger partial charge in [0.05, 0.1) is 6.61 Å². The number of esters is 1. The lowest BCUT2D eigenvalue weighted by molar-refractivity contribution is -0.137. The molecular weight excluding hydrogens is 187 g/mol. The first-order valence-electron chi connectivity index (χ1n) is 3.19. The Morgan fingerprint density at radius 1 is 1.64 bits per heavy atom. The van der Waals surface area contributed by atoms with Crippen LogP contribution in [0, 0.1) is 0 Å². The van der Waals surface area contributed by atoms with E-state index in [1.807, 2.05) is 0 Å². The molecule has 0 atom stereocenters. The quantitative estimate of drug-likeness (QED) is 0.394. The van der Waals surface area contributed by atoms with Crippen LogP contribution in [0.3, 0.4) is 0 Å². The number of hydrogen-bond acceptors (Lipinski definition) is 2. The standard InChI is InChI=1S/C7H10Cl2O2/c1-3-11-6(10)4-5-7(2,8)9/h4-5H,3H2,1-2H3/b5-4+. The van der Waals surface area contributed by atoms with Gasteiger partial charge >= 0.3 is 5.97 Å². The first-order valence-corrected chi connectivity index (χ1v) is 3.95. The van der Waals surface area contributed by atoms with Gasteiger partial charge in [-0.25, -0.2) is 4.79 Å². The van der Waals surface area contributed by atoms with Crippen LogP contribution in [0.5, 0.6) is 0 Å². The Kier molecular flexibility index (Phi) is 4.54. The zero-order valence-corrected chi connectivity index (χ0v) is 7.95. The van der Waals surface area contributed by atoms with E-state index in [-0.39, 0.29) is 0 Å². The Bertz CT molecular complexity index is 158. The highest BCUT2D eigenvalue weighted by molar-refractivity contribution is 6.49. The zero-order valence-electron chi connectivity index (χ0n) is 6.43. The van der Waals surface area contributed by atoms with Crippen LogP contribution in [-0.4, -0.2) is 16.9 Å². The van der Waals surface area contributed by atoms with Crippen molar-refractivity contribution in [3.8, 4) is 0 Å². The molecule has 0 aliphatic rings. The van der Waals surface area contributed by atoms with Crippen LogP contribution in [0.4, 0.5) is 0 Å². The molecule has 64 valence electrons. The van der Waals surface area contributed by atoms with Crippen LogP contribution in [-0.2, 0) is 9.53 Å². The molecule has 0 unspecified atom stereocenters. The molecule has 0 aromatic rings. The van der Waals surface area contributed by atoms with Gasteiger partial charge in [-0.05, 0) is 19.9 Å². The topological polar surface area (TPSA) is 26.3 Å². The number of ether oxygens (including phenoxy) is 1. The summed E-state index contributed by atoms with van der Waals surface area (Å²) in [5.41, 5.74) is 0. The molecular formula is C7H10Cl2O2. The maximum Gasteiger partial charge on any atom is 0.330 e. The Hall–Kier alpha value is -0.210. The van der Waals surface area contributed by atoms with Crippen molar-refractivity contribution in [1.29, 1.82) is 0 Å². The molecule has 0 heterocycles. The normalized spacial score (nSPS) is 12.0. The van der Waals surface area contributed by atoms with E-state index in [1.54, 1.807) is 13.8 Å². The lowest BCUT2D eigenvalue weighted by Gasteiger charge is -2.04. The molecule has 4 heteroatoms. The Morgan fingerprint density at radius 3 is 2.55 bits per heavy atom. The van der Waals surface area contributed by atoms with Crippen molar-refractivity contribution < 1.29 is 9.53 Å². The van der Waals surface area contributed by atoms with Crippen LogP contribution in [0.15, 0.2) is 12.2 Å². The summed E-state index contributed by atoms with van der Waals surface area (Å²) in [5, 5.41) is 0. The van der Waals surface area contributed by atoms with Gasteiger partial charge in [0.2, 0.25) is 0 Å². The van der Waals surface area contributed by atoms with Crippen LogP contribution in [0.1, 0.15) is 13.8 Å². The smallest absolute Gasteiger partial charge is 0.330 e. The van der Waals surface area contributed by atoms with Gasteiger partial charge in [-0.3, -0.25) is 0 Å². The molecule has 0 N–H and O–H groups in total. The highest BCUT2D eigenvalue weighted by Crippen LogP contribution is 2.20. The molecule has 0 bridgehead atoms. The summed E-state index contributed by atoms with van der Waals surface area (Å²) in [6.45, 7) is 3.64. The van der Waals surface area contributed by atoms with Gasteiger partial charge in [-0.15, -0.1) is 0 Å². The van der Waals surface area contributed by atoms with Crippen molar-refractivity contribution >= 4 is 29.2 Å². The maximum absolute atomic E-state index is 10.7. The minimum absolute atomic E-state index is 0.352. The SMILES string of the molecule is CCOC(=O)/C=C/C(C)(Cl)Cl. The summed E-state index contributed by atoms with van der Waals surface area (Å²) in [6, 6.07) is 0. The van der Waals surface area contributed by atoms with Gasteiger partial charge < -0.3 is 4.74 Å². The van der Waals surface area contributed by atoms with Crippen molar-refractivity contribution in [1.82, 2.24) is 0 Å². The second-order valence-corrected chi connectivity index (χ2v) is 3.81. The largest absolute Gasteiger partial charge is 0.463 e. The Morgan fingerprint density at radius 2 is 2.18 bits per heavy atom. The molecule has 0 aromatic heterocycles. The monoisotopic (exact) mass is 196 g/mol. The molecule has 0 fully saturated rings. The van der Waals surface area contributed by atoms with Crippen LogP contribution in [0.25, 0.3) is 0 Å². The summed E-state index contributed by atoms with van der Waals surface area (Å²) in [7, 11) is 0. The maximum atomic E-state index is 10.7. The van der Waals surface area contributed by atoms with Gasteiger partial charge in [0.25, 0.3) is 0 Å². The number of rotatable bonds is 3. The van der Waals surface area contributed by atoms with Crippen LogP contribution in [0.2, 0.25) is 0 Å². The van der Waals surface area contributed by atoms with Crippen LogP contribution < -0.4 is 0 Å². The molecule has 0 amide bonds. The fourth-order valence-electron chi connectivity index (χ4n) is 0.405. The Labute approximate surface area is 76.1 Å². The van der Waals surface area contributed by atoms with Gasteiger partial charge in [-0.2, -0.15) is 0 Å². The summed E-state index contributed by atoms with van der Waals surface area (Å²) in [4.78, 5) is 10.7. The molecule has 11 heavy (non-hydrogen) atoms. The summed E-state index contributed by atoms with van der Waals surface area (Å²) in [5.74, 6) is -0.431. The zero-order chi connectivity index (χ0) is 8.91. The van der Waals surface area contributed by atoms with Gasteiger partial charge in [0.15, 0.2) is 0 Å². The molecule has 0 rings (SSSR count). The molecule has 0 aliphatic carbocycles. The van der Waals surface area contributed by atoms with Gasteiger partial charge in [0.1, 0.15) is 4.33 Å². The third-order valence-electron chi connectivity index (χ3n) is 0.799. The van der Waals surface area contributed by atoms with Crippen molar-refractivity contribution in [3.05, 3.63) is 12.2 Å². The van der Waals surface area contributed by atoms with E-state index in [0.29, 0.717) is 6.61 Å². The lowest BCUT2D eigenvalue weighted by atomic mass is 10.4. The number of halogens is 2. The van der Waals surface area contributed by atoms with E-state index in [2.05, 4.69) is 4.74 Å². The third kappa shape index (κ3) is 7.69. The second-order valence-electron chi connectivity index (χ2n) is 2.04. The first-order chi connectivity index (χ1) is 4.95. The average Bonchev–Trinajstić information content (AvgIpc) is 1.83. The first kappa shape index (κ1) is 10.8. The second kappa shape index (κ2) is 4.62. The van der Waals surface area contributed by atoms with E-state index in [4.69, 9.17) is 23.2 Å². The van der Waals surface area contributed by atoms with E-state index in [0.717, 1.165) is 0 Å². The van der Waals surface area contributed by atoms with Crippen molar-refractivity contribution in [2.45, 2.75) is 18.2 Å². The number of alkyl halides is 2. The molecule has 0 aromatic carbocycles. The minimum atomic E-state index is -1.01. The fraction of sp³-hybridized carbons (Fsp3) is 0.571. The minimum Gasteiger partial charge on any atom is -0.463 e. The van der Waals surface area contributed by atoms with Crippen molar-refractivity contribution in [2.24, 2.45) is 0 Å². The van der Waals surface area contributed by atoms with E-state index >= 15 is 0 Å². The molecule has 0 aliphatic heterocycles. The molecule has 2 nitrogen and oxygen atoms in total. The molecule has 0 saturated heterocycles. The molecule has 0 saturated carbocycles. The van der Waals surface area contributed by atoms with Gasteiger partial charge in [0, 0.05) is 6.08 Å². The van der Waals surface area contributed by atoms with Crippen molar-refractivity contribution in [2.75, 3.05) is 6.61 Å². The van der Waals surface area contributed by atoms with Crippen molar-refractivity contribution in [3.63, 3.8) is 0 Å². The lowest BCUT2D eigenvalue weighted by Crippen LogP contribution is -2.04. The van der Waals surface area contributed by atoms with Gasteiger partial charge in [-0.1, -0.05) is 23.2 Å². The summed E-state index contributed by atoms with van der Waals surface area (Å²) in [6.07, 6.45) is 2.58. The van der Waals surface area contributed by atoms with Crippen LogP contribution >= 0.6 is 23.2 Å². The van der Waals surface area contributed by atoms with E-state index < -0.39 is 10.3 Å². The third-order valence-corrected chi connectivity index (χ3v) is 1.05. The molecule has 0 radical (unpaired) electrons. The van der Waals surface area contributed by atoms with E-state index in [9.17, 15) is 4.79 Å². The summed E-state index contributed by atoms with van der Waals surface area (Å²) < 4.78 is 3.59. The number of allylic oxidation sites excluding steroid dienone is 1. The fourth-order valence-corrected chi connectivity index (χ4v) is 0.531. The summed E-state index contributed by atoms with van der Waals surface area (Å²) >= 11 is 11.1. The average molecular weight is 197 g/mol. The number of hydrogen-bond donors (Lipinski definition) is 0. The number of carbonyl (C=O) groups is 1. The predicted molar refractivity (Wildman–Crippen MR) is 45.9 cm³/mol. The predicted octanol–water partition coefficient (Wildman–Crippen LogP) is 2.30.